The molecule has 2 rings (SSSR count). The highest BCUT2D eigenvalue weighted by Crippen LogP contribution is 2.37. The van der Waals surface area contributed by atoms with Crippen molar-refractivity contribution in [2.24, 2.45) is 0 Å². The molecule has 1 aliphatic heterocycles. The van der Waals surface area contributed by atoms with Gasteiger partial charge < -0.3 is 14.2 Å². The Morgan fingerprint density at radius 3 is 2.80 bits per heavy atom. The molecule has 0 N–H and O–H groups in total. The van der Waals surface area contributed by atoms with Gasteiger partial charge in [-0.15, -0.1) is 0 Å². The predicted octanol–water partition coefficient (Wildman–Crippen LogP) is 5.71. The van der Waals surface area contributed by atoms with Crippen molar-refractivity contribution < 1.29 is 14.2 Å². The van der Waals surface area contributed by atoms with Crippen molar-refractivity contribution in [1.29, 1.82) is 0 Å². The minimum Gasteiger partial charge on any atom is -0.493 e. The van der Waals surface area contributed by atoms with Crippen LogP contribution in [0.5, 0.6) is 11.5 Å². The molecule has 0 aromatic heterocycles. The third-order valence-electron chi connectivity index (χ3n) is 4.58. The van der Waals surface area contributed by atoms with E-state index in [9.17, 15) is 0 Å². The largest absolute Gasteiger partial charge is 0.493 e. The first kappa shape index (κ1) is 19.8. The van der Waals surface area contributed by atoms with Gasteiger partial charge in [-0.25, -0.2) is 0 Å². The van der Waals surface area contributed by atoms with Crippen LogP contribution in [0.15, 0.2) is 29.8 Å². The molecule has 0 amide bonds. The van der Waals surface area contributed by atoms with E-state index in [2.05, 4.69) is 46.8 Å². The molecule has 1 heterocycles. The standard InChI is InChI=1S/C22H34O3/c1-7-24-21(3,4)13-12-17(2)9-8-14-23-19-11-10-18-16-22(5,6)25-20(18)15-19/h9-11,15H,7-8,12-14,16H2,1-6H3. The Hall–Kier alpha value is -1.48. The molecule has 0 atom stereocenters. The highest BCUT2D eigenvalue weighted by atomic mass is 16.5. The van der Waals surface area contributed by atoms with Crippen LogP contribution in [0.4, 0.5) is 0 Å². The second-order valence-electron chi connectivity index (χ2n) is 8.19. The summed E-state index contributed by atoms with van der Waals surface area (Å²) in [5.41, 5.74) is 2.52. The monoisotopic (exact) mass is 346 g/mol. The topological polar surface area (TPSA) is 27.7 Å². The minimum absolute atomic E-state index is 0.0431. The third-order valence-corrected chi connectivity index (χ3v) is 4.58. The third kappa shape index (κ3) is 6.39. The smallest absolute Gasteiger partial charge is 0.127 e. The molecule has 0 saturated carbocycles. The Bertz CT molecular complexity index is 599. The lowest BCUT2D eigenvalue weighted by molar-refractivity contribution is -0.0158. The fraction of sp³-hybridized carbons (Fsp3) is 0.636. The van der Waals surface area contributed by atoms with Crippen molar-refractivity contribution >= 4 is 0 Å². The van der Waals surface area contributed by atoms with Crippen molar-refractivity contribution in [1.82, 2.24) is 0 Å². The molecule has 0 bridgehead atoms. The number of rotatable bonds is 9. The van der Waals surface area contributed by atoms with Crippen molar-refractivity contribution in [2.75, 3.05) is 13.2 Å². The van der Waals surface area contributed by atoms with Crippen molar-refractivity contribution in [2.45, 2.75) is 78.4 Å². The highest BCUT2D eigenvalue weighted by molar-refractivity contribution is 5.44. The predicted molar refractivity (Wildman–Crippen MR) is 104 cm³/mol. The van der Waals surface area contributed by atoms with Crippen molar-refractivity contribution in [3.05, 3.63) is 35.4 Å². The Morgan fingerprint density at radius 2 is 2.08 bits per heavy atom. The van der Waals surface area contributed by atoms with Crippen LogP contribution in [-0.2, 0) is 11.2 Å². The van der Waals surface area contributed by atoms with Gasteiger partial charge in [-0.1, -0.05) is 17.7 Å². The summed E-state index contributed by atoms with van der Waals surface area (Å²) in [5, 5.41) is 0. The number of allylic oxidation sites excluding steroid dienone is 1. The Morgan fingerprint density at radius 1 is 1.32 bits per heavy atom. The second-order valence-corrected chi connectivity index (χ2v) is 8.19. The van der Waals surface area contributed by atoms with E-state index in [0.29, 0.717) is 6.61 Å². The first-order valence-corrected chi connectivity index (χ1v) is 9.45. The van der Waals surface area contributed by atoms with Crippen LogP contribution in [0.1, 0.15) is 66.4 Å². The lowest BCUT2D eigenvalue weighted by Gasteiger charge is -2.24. The van der Waals surface area contributed by atoms with E-state index >= 15 is 0 Å². The molecular formula is C22H34O3. The molecule has 3 heteroatoms. The maximum absolute atomic E-state index is 5.96. The van der Waals surface area contributed by atoms with Crippen LogP contribution in [0.25, 0.3) is 0 Å². The zero-order valence-electron chi connectivity index (χ0n) is 16.8. The summed E-state index contributed by atoms with van der Waals surface area (Å²) in [6.45, 7) is 14.2. The molecule has 0 spiro atoms. The molecule has 0 saturated heterocycles. The first-order chi connectivity index (χ1) is 11.7. The zero-order valence-corrected chi connectivity index (χ0v) is 16.8. The number of hydrogen-bond donors (Lipinski definition) is 0. The summed E-state index contributed by atoms with van der Waals surface area (Å²) in [7, 11) is 0. The van der Waals surface area contributed by atoms with Crippen LogP contribution >= 0.6 is 0 Å². The van der Waals surface area contributed by atoms with E-state index < -0.39 is 0 Å². The van der Waals surface area contributed by atoms with E-state index in [1.807, 2.05) is 19.1 Å². The number of hydrogen-bond acceptors (Lipinski definition) is 3. The second kappa shape index (κ2) is 8.27. The molecule has 1 aromatic rings. The molecule has 0 radical (unpaired) electrons. The van der Waals surface area contributed by atoms with Gasteiger partial charge in [-0.2, -0.15) is 0 Å². The summed E-state index contributed by atoms with van der Waals surface area (Å²) >= 11 is 0. The average molecular weight is 347 g/mol. The Kier molecular flexibility index (Phi) is 6.56. The molecule has 25 heavy (non-hydrogen) atoms. The Balaban J connectivity index is 1.74. The van der Waals surface area contributed by atoms with E-state index in [-0.39, 0.29) is 11.2 Å². The number of fused-ring (bicyclic) bond motifs is 1. The summed E-state index contributed by atoms with van der Waals surface area (Å²) in [4.78, 5) is 0. The van der Waals surface area contributed by atoms with Crippen LogP contribution in [0.3, 0.4) is 0 Å². The lowest BCUT2D eigenvalue weighted by Crippen LogP contribution is -2.24. The molecule has 1 aromatic carbocycles. The van der Waals surface area contributed by atoms with E-state index in [1.54, 1.807) is 0 Å². The van der Waals surface area contributed by atoms with Crippen molar-refractivity contribution in [3.63, 3.8) is 0 Å². The molecule has 0 unspecified atom stereocenters. The maximum atomic E-state index is 5.96. The number of ether oxygens (including phenoxy) is 3. The van der Waals surface area contributed by atoms with Gasteiger partial charge in [0.05, 0.1) is 12.2 Å². The SMILES string of the molecule is CCOC(C)(C)CCC(C)=CCCOc1ccc2c(c1)OC(C)(C)C2. The van der Waals surface area contributed by atoms with Crippen LogP contribution < -0.4 is 9.47 Å². The van der Waals surface area contributed by atoms with Crippen LogP contribution in [0, 0.1) is 0 Å². The summed E-state index contributed by atoms with van der Waals surface area (Å²) < 4.78 is 17.6. The van der Waals surface area contributed by atoms with Gasteiger partial charge >= 0.3 is 0 Å². The summed E-state index contributed by atoms with van der Waals surface area (Å²) in [6, 6.07) is 6.19. The molecule has 0 aliphatic carbocycles. The molecular weight excluding hydrogens is 312 g/mol. The van der Waals surface area contributed by atoms with Gasteiger partial charge in [0, 0.05) is 19.1 Å². The van der Waals surface area contributed by atoms with E-state index in [0.717, 1.165) is 43.8 Å². The normalized spacial score (nSPS) is 16.5. The molecule has 140 valence electrons. The molecule has 0 fully saturated rings. The summed E-state index contributed by atoms with van der Waals surface area (Å²) in [6.07, 6.45) is 6.26. The fourth-order valence-corrected chi connectivity index (χ4v) is 3.20. The first-order valence-electron chi connectivity index (χ1n) is 9.45. The maximum Gasteiger partial charge on any atom is 0.127 e. The quantitative estimate of drug-likeness (QED) is 0.423. The van der Waals surface area contributed by atoms with Gasteiger partial charge in [-0.3, -0.25) is 0 Å². The van der Waals surface area contributed by atoms with Gasteiger partial charge in [0.15, 0.2) is 0 Å². The van der Waals surface area contributed by atoms with Crippen molar-refractivity contribution in [3.8, 4) is 11.5 Å². The number of benzene rings is 1. The van der Waals surface area contributed by atoms with E-state index in [1.165, 1.54) is 11.1 Å². The Labute approximate surface area is 153 Å². The molecule has 1 aliphatic rings. The summed E-state index contributed by atoms with van der Waals surface area (Å²) in [5.74, 6) is 1.85. The highest BCUT2D eigenvalue weighted by Gasteiger charge is 2.30. The zero-order chi connectivity index (χ0) is 18.5. The van der Waals surface area contributed by atoms with Crippen LogP contribution in [0.2, 0.25) is 0 Å². The average Bonchev–Trinajstić information content (AvgIpc) is 2.82. The molecule has 3 nitrogen and oxygen atoms in total. The lowest BCUT2D eigenvalue weighted by atomic mass is 9.98. The van der Waals surface area contributed by atoms with Crippen LogP contribution in [-0.4, -0.2) is 24.4 Å². The van der Waals surface area contributed by atoms with Gasteiger partial charge in [0.25, 0.3) is 0 Å². The van der Waals surface area contributed by atoms with Gasteiger partial charge in [0.2, 0.25) is 0 Å². The minimum atomic E-state index is -0.101. The fourth-order valence-electron chi connectivity index (χ4n) is 3.20. The van der Waals surface area contributed by atoms with Gasteiger partial charge in [-0.05, 0) is 72.4 Å². The van der Waals surface area contributed by atoms with Gasteiger partial charge in [0.1, 0.15) is 17.1 Å². The van der Waals surface area contributed by atoms with E-state index in [4.69, 9.17) is 14.2 Å².